The smallest absolute Gasteiger partial charge is 0.161 e. The van der Waals surface area contributed by atoms with Crippen molar-refractivity contribution >= 4 is 76.3 Å². The SMILES string of the molecule is N#Cc1ccc(-c2c3ccccc3c(-c3nc4c(ccc5c6ccccc6oc54)c4oc5ccccc5c34)c3ccccc23)cc1. The lowest BCUT2D eigenvalue weighted by molar-refractivity contribution is 0.668. The molecule has 0 amide bonds. The molecule has 0 saturated heterocycles. The first-order valence-corrected chi connectivity index (χ1v) is 15.3. The van der Waals surface area contributed by atoms with E-state index < -0.39 is 0 Å². The number of fused-ring (bicyclic) bond motifs is 11. The van der Waals surface area contributed by atoms with Crippen LogP contribution in [0.25, 0.3) is 98.7 Å². The van der Waals surface area contributed by atoms with Crippen molar-refractivity contribution in [2.75, 3.05) is 0 Å². The van der Waals surface area contributed by atoms with Crippen LogP contribution in [0.5, 0.6) is 0 Å². The van der Waals surface area contributed by atoms with Gasteiger partial charge in [-0.25, -0.2) is 4.98 Å². The predicted molar refractivity (Wildman–Crippen MR) is 187 cm³/mol. The third-order valence-electron chi connectivity index (χ3n) is 9.29. The lowest BCUT2D eigenvalue weighted by Crippen LogP contribution is -1.94. The van der Waals surface area contributed by atoms with Crippen LogP contribution < -0.4 is 0 Å². The highest BCUT2D eigenvalue weighted by Gasteiger charge is 2.24. The van der Waals surface area contributed by atoms with Gasteiger partial charge in [0.1, 0.15) is 22.3 Å². The van der Waals surface area contributed by atoms with Gasteiger partial charge in [-0.05, 0) is 69.1 Å². The molecule has 0 bridgehead atoms. The number of hydrogen-bond donors (Lipinski definition) is 0. The zero-order chi connectivity index (χ0) is 30.4. The molecule has 7 aromatic carbocycles. The summed E-state index contributed by atoms with van der Waals surface area (Å²) in [7, 11) is 0. The van der Waals surface area contributed by atoms with E-state index in [1.54, 1.807) is 0 Å². The van der Waals surface area contributed by atoms with Gasteiger partial charge in [-0.3, -0.25) is 0 Å². The largest absolute Gasteiger partial charge is 0.455 e. The Hall–Kier alpha value is -6.44. The third-order valence-corrected chi connectivity index (χ3v) is 9.29. The highest BCUT2D eigenvalue weighted by Crippen LogP contribution is 2.48. The average Bonchev–Trinajstić information content (AvgIpc) is 3.70. The minimum absolute atomic E-state index is 0.639. The molecule has 4 nitrogen and oxygen atoms in total. The number of benzene rings is 7. The zero-order valence-corrected chi connectivity index (χ0v) is 24.4. The van der Waals surface area contributed by atoms with Gasteiger partial charge in [0.15, 0.2) is 5.58 Å². The molecular weight excluding hydrogens is 564 g/mol. The van der Waals surface area contributed by atoms with Crippen molar-refractivity contribution in [3.8, 4) is 28.5 Å². The molecule has 0 atom stereocenters. The third kappa shape index (κ3) is 3.34. The Labute approximate surface area is 262 Å². The molecule has 3 aromatic heterocycles. The number of rotatable bonds is 2. The quantitative estimate of drug-likeness (QED) is 0.189. The first-order valence-electron chi connectivity index (χ1n) is 15.3. The molecule has 0 saturated carbocycles. The number of pyridine rings is 1. The minimum Gasteiger partial charge on any atom is -0.455 e. The highest BCUT2D eigenvalue weighted by molar-refractivity contribution is 6.29. The van der Waals surface area contributed by atoms with E-state index in [1.165, 1.54) is 0 Å². The lowest BCUT2D eigenvalue weighted by Gasteiger charge is -2.18. The monoisotopic (exact) mass is 586 g/mol. The summed E-state index contributed by atoms with van der Waals surface area (Å²) in [5.41, 5.74) is 8.73. The number of para-hydroxylation sites is 2. The predicted octanol–water partition coefficient (Wildman–Crippen LogP) is 11.5. The van der Waals surface area contributed by atoms with E-state index in [0.29, 0.717) is 5.56 Å². The summed E-state index contributed by atoms with van der Waals surface area (Å²) in [4.78, 5) is 5.55. The van der Waals surface area contributed by atoms with Crippen molar-refractivity contribution in [2.45, 2.75) is 0 Å². The molecule has 212 valence electrons. The number of nitriles is 1. The summed E-state index contributed by atoms with van der Waals surface area (Å²) in [6, 6.07) is 47.8. The first kappa shape index (κ1) is 24.9. The van der Waals surface area contributed by atoms with Crippen LogP contribution in [0.2, 0.25) is 0 Å². The second-order valence-electron chi connectivity index (χ2n) is 11.7. The average molecular weight is 587 g/mol. The fraction of sp³-hybridized carbons (Fsp3) is 0. The fourth-order valence-corrected chi connectivity index (χ4v) is 7.29. The molecule has 0 N–H and O–H groups in total. The molecule has 10 aromatic rings. The van der Waals surface area contributed by atoms with Crippen molar-refractivity contribution in [1.82, 2.24) is 4.98 Å². The normalized spacial score (nSPS) is 11.9. The molecule has 0 aliphatic rings. The van der Waals surface area contributed by atoms with Gasteiger partial charge in [0.05, 0.1) is 22.7 Å². The summed E-state index contributed by atoms with van der Waals surface area (Å²) in [5.74, 6) is 0. The molecule has 0 fully saturated rings. The van der Waals surface area contributed by atoms with Crippen molar-refractivity contribution in [1.29, 1.82) is 5.26 Å². The first-order chi connectivity index (χ1) is 22.8. The number of nitrogens with zero attached hydrogens (tertiary/aromatic N) is 2. The number of aromatic nitrogens is 1. The molecule has 0 aliphatic carbocycles. The Balaban J connectivity index is 1.43. The second-order valence-corrected chi connectivity index (χ2v) is 11.7. The fourth-order valence-electron chi connectivity index (χ4n) is 7.29. The van der Waals surface area contributed by atoms with Gasteiger partial charge in [0.2, 0.25) is 0 Å². The number of furan rings is 2. The maximum Gasteiger partial charge on any atom is 0.161 e. The number of hydrogen-bond acceptors (Lipinski definition) is 4. The van der Waals surface area contributed by atoms with Gasteiger partial charge in [-0.15, -0.1) is 0 Å². The molecule has 0 radical (unpaired) electrons. The molecule has 10 rings (SSSR count). The second kappa shape index (κ2) is 9.28. The summed E-state index contributed by atoms with van der Waals surface area (Å²) < 4.78 is 13.2. The Morgan fingerprint density at radius 2 is 0.978 bits per heavy atom. The van der Waals surface area contributed by atoms with E-state index in [-0.39, 0.29) is 0 Å². The van der Waals surface area contributed by atoms with Gasteiger partial charge in [0, 0.05) is 27.1 Å². The standard InChI is InChI=1S/C42H22N2O2/c43-23-24-17-19-25(20-18-24)36-27-10-1-3-12-29(27)37(30-13-4-2-11-28(30)36)40-38-32-14-6-8-16-35(32)45-41(38)33-22-21-31-26-9-5-7-15-34(26)46-42(31)39(33)44-40/h1-22H. The molecular formula is C42H22N2O2. The molecule has 3 heterocycles. The van der Waals surface area contributed by atoms with Gasteiger partial charge in [-0.1, -0.05) is 97.1 Å². The molecule has 0 spiro atoms. The molecule has 0 aliphatic heterocycles. The van der Waals surface area contributed by atoms with Crippen LogP contribution in [-0.4, -0.2) is 4.98 Å². The van der Waals surface area contributed by atoms with Gasteiger partial charge in [0.25, 0.3) is 0 Å². The van der Waals surface area contributed by atoms with Crippen molar-refractivity contribution in [3.63, 3.8) is 0 Å². The van der Waals surface area contributed by atoms with Crippen molar-refractivity contribution in [3.05, 3.63) is 139 Å². The van der Waals surface area contributed by atoms with E-state index in [4.69, 9.17) is 13.8 Å². The maximum absolute atomic E-state index is 9.46. The van der Waals surface area contributed by atoms with Crippen molar-refractivity contribution in [2.24, 2.45) is 0 Å². The molecule has 0 unspecified atom stereocenters. The van der Waals surface area contributed by atoms with Crippen molar-refractivity contribution < 1.29 is 8.83 Å². The maximum atomic E-state index is 9.46. The summed E-state index contributed by atoms with van der Waals surface area (Å²) in [6.45, 7) is 0. The van der Waals surface area contributed by atoms with Gasteiger partial charge in [-0.2, -0.15) is 5.26 Å². The summed E-state index contributed by atoms with van der Waals surface area (Å²) in [5, 5.41) is 18.9. The lowest BCUT2D eigenvalue weighted by atomic mass is 9.86. The Kier molecular flexibility index (Phi) is 5.03. The summed E-state index contributed by atoms with van der Waals surface area (Å²) >= 11 is 0. The Morgan fingerprint density at radius 1 is 0.457 bits per heavy atom. The van der Waals surface area contributed by atoms with E-state index in [1.807, 2.05) is 54.6 Å². The van der Waals surface area contributed by atoms with Crippen LogP contribution in [0.3, 0.4) is 0 Å². The van der Waals surface area contributed by atoms with Crippen LogP contribution in [-0.2, 0) is 0 Å². The van der Waals surface area contributed by atoms with Crippen LogP contribution in [0.15, 0.2) is 142 Å². The topological polar surface area (TPSA) is 63.0 Å². The van der Waals surface area contributed by atoms with E-state index in [0.717, 1.165) is 98.7 Å². The van der Waals surface area contributed by atoms with E-state index in [9.17, 15) is 5.26 Å². The van der Waals surface area contributed by atoms with Gasteiger partial charge >= 0.3 is 0 Å². The minimum atomic E-state index is 0.639. The van der Waals surface area contributed by atoms with E-state index >= 15 is 0 Å². The van der Waals surface area contributed by atoms with E-state index in [2.05, 4.69) is 84.9 Å². The highest BCUT2D eigenvalue weighted by atomic mass is 16.3. The Bertz CT molecular complexity index is 2860. The summed E-state index contributed by atoms with van der Waals surface area (Å²) in [6.07, 6.45) is 0. The van der Waals surface area contributed by atoms with Crippen LogP contribution >= 0.6 is 0 Å². The van der Waals surface area contributed by atoms with Crippen LogP contribution in [0.4, 0.5) is 0 Å². The Morgan fingerprint density at radius 3 is 1.63 bits per heavy atom. The van der Waals surface area contributed by atoms with Gasteiger partial charge < -0.3 is 8.83 Å². The molecule has 46 heavy (non-hydrogen) atoms. The molecule has 4 heteroatoms. The zero-order valence-electron chi connectivity index (χ0n) is 24.4. The van der Waals surface area contributed by atoms with Crippen LogP contribution in [0, 0.1) is 11.3 Å². The van der Waals surface area contributed by atoms with Crippen LogP contribution in [0.1, 0.15) is 5.56 Å².